The van der Waals surface area contributed by atoms with E-state index in [1.807, 2.05) is 65.8 Å². The molecule has 0 aliphatic carbocycles. The maximum absolute atomic E-state index is 14.2. The second-order valence-electron chi connectivity index (χ2n) is 11.0. The van der Waals surface area contributed by atoms with E-state index in [0.717, 1.165) is 27.7 Å². The van der Waals surface area contributed by atoms with Crippen LogP contribution in [-0.2, 0) is 16.3 Å². The van der Waals surface area contributed by atoms with E-state index in [1.165, 1.54) is 6.07 Å². The maximum Gasteiger partial charge on any atom is 0.339 e. The summed E-state index contributed by atoms with van der Waals surface area (Å²) in [5.41, 5.74) is 3.01. The van der Waals surface area contributed by atoms with E-state index < -0.39 is 27.1 Å². The lowest BCUT2D eigenvalue weighted by molar-refractivity contribution is 0.0693. The standard InChI is InChI=1S/C33H33BrO7S/c1-17(2)25-13-22(31(36)30-19(5)20(6)41-29(30)15-21-9-7-8-10-27(21)34)14-26(18(3)4)32(25)42(39,40)23-11-12-24(33(37)38)28(35)16-23/h7-14,16-18,35H,15H2,1-6H3,(H,37,38). The molecule has 1 aromatic heterocycles. The molecule has 0 aliphatic heterocycles. The Kier molecular flexibility index (Phi) is 8.85. The molecule has 0 aliphatic rings. The lowest BCUT2D eigenvalue weighted by atomic mass is 9.89. The fourth-order valence-electron chi connectivity index (χ4n) is 5.03. The molecule has 42 heavy (non-hydrogen) atoms. The fraction of sp³-hybridized carbons (Fsp3) is 0.273. The summed E-state index contributed by atoms with van der Waals surface area (Å²) in [6.07, 6.45) is 0.396. The first-order valence-corrected chi connectivity index (χ1v) is 15.8. The molecule has 0 fully saturated rings. The molecule has 2 N–H and O–H groups in total. The van der Waals surface area contributed by atoms with Gasteiger partial charge in [-0.15, -0.1) is 0 Å². The number of phenols is 1. The van der Waals surface area contributed by atoms with Crippen LogP contribution < -0.4 is 0 Å². The molecule has 0 atom stereocenters. The minimum Gasteiger partial charge on any atom is -0.507 e. The van der Waals surface area contributed by atoms with Gasteiger partial charge in [0.1, 0.15) is 22.8 Å². The van der Waals surface area contributed by atoms with Gasteiger partial charge in [0, 0.05) is 22.0 Å². The van der Waals surface area contributed by atoms with Crippen molar-refractivity contribution in [2.75, 3.05) is 0 Å². The van der Waals surface area contributed by atoms with E-state index in [1.54, 1.807) is 12.1 Å². The first-order chi connectivity index (χ1) is 19.6. The second kappa shape index (κ2) is 11.9. The van der Waals surface area contributed by atoms with Crippen molar-refractivity contribution in [2.24, 2.45) is 0 Å². The van der Waals surface area contributed by atoms with Crippen LogP contribution in [-0.4, -0.2) is 30.4 Å². The zero-order valence-corrected chi connectivity index (χ0v) is 26.7. The summed E-state index contributed by atoms with van der Waals surface area (Å²) >= 11 is 3.57. The molecular formula is C33H33BrO7S. The van der Waals surface area contributed by atoms with Crippen molar-refractivity contribution in [3.05, 3.63) is 110 Å². The van der Waals surface area contributed by atoms with Crippen LogP contribution in [0, 0.1) is 13.8 Å². The van der Waals surface area contributed by atoms with Gasteiger partial charge in [-0.2, -0.15) is 0 Å². The summed E-state index contributed by atoms with van der Waals surface area (Å²) in [5.74, 6) is -1.66. The summed E-state index contributed by atoms with van der Waals surface area (Å²) in [6.45, 7) is 11.1. The number of carboxylic acid groups (broad SMARTS) is 1. The molecule has 0 spiro atoms. The Labute approximate surface area is 254 Å². The number of furan rings is 1. The van der Waals surface area contributed by atoms with Gasteiger partial charge < -0.3 is 14.6 Å². The number of hydrogen-bond acceptors (Lipinski definition) is 6. The summed E-state index contributed by atoms with van der Waals surface area (Å²) in [6, 6.07) is 14.2. The van der Waals surface area contributed by atoms with E-state index in [-0.39, 0.29) is 27.4 Å². The Bertz CT molecular complexity index is 1790. The van der Waals surface area contributed by atoms with E-state index in [2.05, 4.69) is 15.9 Å². The highest BCUT2D eigenvalue weighted by Gasteiger charge is 2.31. The van der Waals surface area contributed by atoms with Gasteiger partial charge >= 0.3 is 5.97 Å². The summed E-state index contributed by atoms with van der Waals surface area (Å²) in [7, 11) is -4.21. The summed E-state index contributed by atoms with van der Waals surface area (Å²) in [5, 5.41) is 19.5. The predicted molar refractivity (Wildman–Crippen MR) is 164 cm³/mol. The van der Waals surface area contributed by atoms with Crippen molar-refractivity contribution >= 4 is 37.5 Å². The first kappa shape index (κ1) is 31.3. The van der Waals surface area contributed by atoms with Crippen LogP contribution in [0.25, 0.3) is 0 Å². The number of aryl methyl sites for hydroxylation is 1. The minimum atomic E-state index is -4.21. The Morgan fingerprint density at radius 3 is 2.05 bits per heavy atom. The van der Waals surface area contributed by atoms with Gasteiger partial charge in [0.05, 0.1) is 15.4 Å². The van der Waals surface area contributed by atoms with Crippen LogP contribution in [0.3, 0.4) is 0 Å². The molecule has 4 rings (SSSR count). The molecule has 1 heterocycles. The fourth-order valence-corrected chi connectivity index (χ4v) is 7.41. The van der Waals surface area contributed by atoms with Crippen molar-refractivity contribution in [3.63, 3.8) is 0 Å². The van der Waals surface area contributed by atoms with Gasteiger partial charge in [0.15, 0.2) is 5.78 Å². The van der Waals surface area contributed by atoms with E-state index in [0.29, 0.717) is 40.2 Å². The maximum atomic E-state index is 14.2. The highest BCUT2D eigenvalue weighted by molar-refractivity contribution is 9.10. The third-order valence-corrected chi connectivity index (χ3v) is 10.1. The van der Waals surface area contributed by atoms with Crippen LogP contribution in [0.5, 0.6) is 5.75 Å². The SMILES string of the molecule is Cc1oc(Cc2ccccc2Br)c(C(=O)c2cc(C(C)C)c(S(=O)(=O)c3ccc(C(=O)O)c(O)c3)c(C(C)C)c2)c1C. The van der Waals surface area contributed by atoms with Crippen LogP contribution in [0.4, 0.5) is 0 Å². The third-order valence-electron chi connectivity index (χ3n) is 7.43. The normalized spacial score (nSPS) is 11.8. The van der Waals surface area contributed by atoms with Crippen molar-refractivity contribution in [2.45, 2.75) is 69.6 Å². The number of hydrogen-bond donors (Lipinski definition) is 2. The predicted octanol–water partition coefficient (Wildman–Crippen LogP) is 7.96. The number of ketones is 1. The lowest BCUT2D eigenvalue weighted by Crippen LogP contribution is -2.15. The topological polar surface area (TPSA) is 122 Å². The lowest BCUT2D eigenvalue weighted by Gasteiger charge is -2.22. The number of sulfone groups is 1. The average molecular weight is 654 g/mol. The number of rotatable bonds is 9. The number of carbonyl (C=O) groups excluding carboxylic acids is 1. The zero-order valence-electron chi connectivity index (χ0n) is 24.3. The average Bonchev–Trinajstić information content (AvgIpc) is 3.20. The molecule has 0 amide bonds. The third kappa shape index (κ3) is 5.80. The Morgan fingerprint density at radius 2 is 1.52 bits per heavy atom. The highest BCUT2D eigenvalue weighted by atomic mass is 79.9. The monoisotopic (exact) mass is 652 g/mol. The summed E-state index contributed by atoms with van der Waals surface area (Å²) < 4.78 is 35.1. The van der Waals surface area contributed by atoms with Crippen molar-refractivity contribution in [3.8, 4) is 5.75 Å². The van der Waals surface area contributed by atoms with Crippen LogP contribution in [0.1, 0.15) is 99.6 Å². The molecule has 0 saturated carbocycles. The van der Waals surface area contributed by atoms with Crippen molar-refractivity contribution in [1.29, 1.82) is 0 Å². The summed E-state index contributed by atoms with van der Waals surface area (Å²) in [4.78, 5) is 25.4. The Hall–Kier alpha value is -3.69. The van der Waals surface area contributed by atoms with Gasteiger partial charge in [-0.05, 0) is 78.8 Å². The first-order valence-electron chi connectivity index (χ1n) is 13.5. The Morgan fingerprint density at radius 1 is 0.929 bits per heavy atom. The van der Waals surface area contributed by atoms with Crippen LogP contribution in [0.2, 0.25) is 0 Å². The van der Waals surface area contributed by atoms with Crippen LogP contribution in [0.15, 0.2) is 73.3 Å². The zero-order chi connectivity index (χ0) is 31.1. The molecule has 4 aromatic rings. The molecule has 0 bridgehead atoms. The number of carboxylic acids is 1. The van der Waals surface area contributed by atoms with E-state index >= 15 is 0 Å². The van der Waals surface area contributed by atoms with E-state index in [4.69, 9.17) is 4.42 Å². The molecule has 0 radical (unpaired) electrons. The largest absolute Gasteiger partial charge is 0.507 e. The number of carbonyl (C=O) groups is 2. The minimum absolute atomic E-state index is 0.0556. The highest BCUT2D eigenvalue weighted by Crippen LogP contribution is 2.39. The second-order valence-corrected chi connectivity index (χ2v) is 13.7. The molecule has 7 nitrogen and oxygen atoms in total. The molecule has 3 aromatic carbocycles. The smallest absolute Gasteiger partial charge is 0.339 e. The van der Waals surface area contributed by atoms with Gasteiger partial charge in [-0.25, -0.2) is 13.2 Å². The molecule has 220 valence electrons. The van der Waals surface area contributed by atoms with Crippen molar-refractivity contribution < 1.29 is 32.6 Å². The number of halogens is 1. The van der Waals surface area contributed by atoms with Crippen molar-refractivity contribution in [1.82, 2.24) is 0 Å². The van der Waals surface area contributed by atoms with E-state index in [9.17, 15) is 28.2 Å². The number of aromatic hydroxyl groups is 1. The molecule has 0 unspecified atom stereocenters. The quantitative estimate of drug-likeness (QED) is 0.176. The number of benzene rings is 3. The number of aromatic carboxylic acids is 1. The van der Waals surface area contributed by atoms with Gasteiger partial charge in [0.2, 0.25) is 9.84 Å². The van der Waals surface area contributed by atoms with Gasteiger partial charge in [0.25, 0.3) is 0 Å². The molecule has 9 heteroatoms. The Balaban J connectivity index is 1.91. The van der Waals surface area contributed by atoms with Crippen LogP contribution >= 0.6 is 15.9 Å². The van der Waals surface area contributed by atoms with Gasteiger partial charge in [-0.3, -0.25) is 4.79 Å². The van der Waals surface area contributed by atoms with Gasteiger partial charge in [-0.1, -0.05) is 61.8 Å². The molecular weight excluding hydrogens is 620 g/mol. The molecule has 0 saturated heterocycles.